The molecule has 0 unspecified atom stereocenters. The number of aromatic carboxylic acids is 1. The molecule has 1 aromatic rings. The number of aliphatic hydroxyl groups is 1. The maximum atomic E-state index is 12.6. The lowest BCUT2D eigenvalue weighted by Gasteiger charge is -2.26. The van der Waals surface area contributed by atoms with Gasteiger partial charge in [-0.05, 0) is 43.5 Å². The molecule has 178 valence electrons. The molecule has 1 fully saturated rings. The molecule has 0 aliphatic carbocycles. The lowest BCUT2D eigenvalue weighted by atomic mass is 9.87. The highest BCUT2D eigenvalue weighted by Gasteiger charge is 2.45. The van der Waals surface area contributed by atoms with Crippen molar-refractivity contribution in [3.63, 3.8) is 0 Å². The van der Waals surface area contributed by atoms with E-state index in [1.807, 2.05) is 6.92 Å². The molecule has 10 nitrogen and oxygen atoms in total. The van der Waals surface area contributed by atoms with Gasteiger partial charge in [0.15, 0.2) is 0 Å². The minimum absolute atomic E-state index is 0.0172. The summed E-state index contributed by atoms with van der Waals surface area (Å²) < 4.78 is 0. The fraction of sp³-hybridized carbons (Fsp3) is 0.500. The Morgan fingerprint density at radius 1 is 1.21 bits per heavy atom. The number of amides is 1. The molecule has 1 aromatic carbocycles. The van der Waals surface area contributed by atoms with Crippen LogP contribution in [0.25, 0.3) is 0 Å². The number of nitrogens with one attached hydrogen (secondary N) is 2. The third kappa shape index (κ3) is 5.60. The first-order valence-electron chi connectivity index (χ1n) is 10.6. The fourth-order valence-electron chi connectivity index (χ4n) is 4.20. The number of hydrogen-bond donors (Lipinski definition) is 5. The van der Waals surface area contributed by atoms with Gasteiger partial charge in [0.1, 0.15) is 12.0 Å². The van der Waals surface area contributed by atoms with E-state index < -0.39 is 41.3 Å². The maximum absolute atomic E-state index is 12.6. The van der Waals surface area contributed by atoms with E-state index in [-0.39, 0.29) is 28.4 Å². The summed E-state index contributed by atoms with van der Waals surface area (Å²) in [5.41, 5.74) is 0.584. The van der Waals surface area contributed by atoms with Gasteiger partial charge in [-0.25, -0.2) is 9.59 Å². The standard InChI is InChI=1S/C22H27N3O7S/c1-10-17(15(9-26)11(2)27)25-18(22(31)32)19(10)33-14-7-16(23-8-14)20(28)24-13-5-3-12(4-6-13)21(29)30/h3-6,9-11,14-17,19,23,27H,7-8H2,1-2H3,(H,24,28)(H,29,30)(H,31,32)/t10-,11-,14+,15-,16-,17-,19-/m1/s1. The van der Waals surface area contributed by atoms with Gasteiger partial charge in [0, 0.05) is 17.5 Å². The van der Waals surface area contributed by atoms with E-state index in [2.05, 4.69) is 15.6 Å². The van der Waals surface area contributed by atoms with Crippen LogP contribution in [-0.2, 0) is 14.4 Å². The van der Waals surface area contributed by atoms with Crippen molar-refractivity contribution in [1.82, 2.24) is 5.32 Å². The van der Waals surface area contributed by atoms with Crippen molar-refractivity contribution in [3.8, 4) is 0 Å². The number of aliphatic carboxylic acids is 1. The first-order valence-corrected chi connectivity index (χ1v) is 11.5. The van der Waals surface area contributed by atoms with E-state index >= 15 is 0 Å². The summed E-state index contributed by atoms with van der Waals surface area (Å²) in [4.78, 5) is 51.1. The monoisotopic (exact) mass is 477 g/mol. The molecular weight excluding hydrogens is 450 g/mol. The Hall–Kier alpha value is -2.76. The highest BCUT2D eigenvalue weighted by atomic mass is 32.2. The minimum atomic E-state index is -1.15. The summed E-state index contributed by atoms with van der Waals surface area (Å²) in [7, 11) is 0. The van der Waals surface area contributed by atoms with Crippen LogP contribution in [0.2, 0.25) is 0 Å². The number of nitrogens with zero attached hydrogens (tertiary/aromatic N) is 1. The number of rotatable bonds is 9. The van der Waals surface area contributed by atoms with Crippen molar-refractivity contribution in [2.45, 2.75) is 49.0 Å². The quantitative estimate of drug-likeness (QED) is 0.325. The van der Waals surface area contributed by atoms with Crippen molar-refractivity contribution >= 4 is 47.3 Å². The zero-order chi connectivity index (χ0) is 24.3. The average Bonchev–Trinajstić information content (AvgIpc) is 3.35. The largest absolute Gasteiger partial charge is 0.478 e. The van der Waals surface area contributed by atoms with Gasteiger partial charge in [-0.1, -0.05) is 6.92 Å². The molecule has 0 radical (unpaired) electrons. The van der Waals surface area contributed by atoms with Gasteiger partial charge in [-0.3, -0.25) is 9.79 Å². The van der Waals surface area contributed by atoms with Crippen LogP contribution in [-0.4, -0.2) is 80.4 Å². The molecule has 0 bridgehead atoms. The molecule has 11 heteroatoms. The summed E-state index contributed by atoms with van der Waals surface area (Å²) in [6.45, 7) is 3.81. The van der Waals surface area contributed by atoms with Crippen LogP contribution in [0.1, 0.15) is 30.6 Å². The third-order valence-electron chi connectivity index (χ3n) is 6.05. The second-order valence-electron chi connectivity index (χ2n) is 8.37. The van der Waals surface area contributed by atoms with E-state index in [0.29, 0.717) is 24.9 Å². The van der Waals surface area contributed by atoms with Gasteiger partial charge in [-0.15, -0.1) is 11.8 Å². The average molecular weight is 478 g/mol. The molecular formula is C22H27N3O7S. The van der Waals surface area contributed by atoms with Crippen LogP contribution >= 0.6 is 11.8 Å². The number of benzene rings is 1. The zero-order valence-corrected chi connectivity index (χ0v) is 19.0. The number of aliphatic imine (C=N–C) groups is 1. The van der Waals surface area contributed by atoms with Crippen molar-refractivity contribution in [3.05, 3.63) is 29.8 Å². The second-order valence-corrected chi connectivity index (χ2v) is 9.82. The summed E-state index contributed by atoms with van der Waals surface area (Å²) in [5.74, 6) is -3.52. The van der Waals surface area contributed by atoms with E-state index in [1.165, 1.54) is 43.0 Å². The molecule has 0 spiro atoms. The summed E-state index contributed by atoms with van der Waals surface area (Å²) in [6, 6.07) is 4.74. The first-order chi connectivity index (χ1) is 15.6. The molecule has 2 aliphatic rings. The second kappa shape index (κ2) is 10.4. The van der Waals surface area contributed by atoms with E-state index in [9.17, 15) is 29.4 Å². The summed E-state index contributed by atoms with van der Waals surface area (Å²) in [5, 5.41) is 33.9. The Labute approximate surface area is 194 Å². The third-order valence-corrected chi connectivity index (χ3v) is 7.74. The number of thioether (sulfide) groups is 1. The van der Waals surface area contributed by atoms with Crippen molar-refractivity contribution in [2.24, 2.45) is 16.8 Å². The van der Waals surface area contributed by atoms with Crippen LogP contribution < -0.4 is 10.6 Å². The number of anilines is 1. The van der Waals surface area contributed by atoms with Gasteiger partial charge in [0.2, 0.25) is 5.91 Å². The van der Waals surface area contributed by atoms with Crippen LogP contribution in [0.5, 0.6) is 0 Å². The number of carbonyl (C=O) groups is 4. The smallest absolute Gasteiger partial charge is 0.350 e. The molecule has 7 atom stereocenters. The number of hydrogen-bond acceptors (Lipinski definition) is 8. The van der Waals surface area contributed by atoms with Gasteiger partial charge < -0.3 is 30.7 Å². The molecule has 1 amide bonds. The molecule has 0 aromatic heterocycles. The molecule has 3 rings (SSSR count). The molecule has 2 heterocycles. The van der Waals surface area contributed by atoms with Crippen LogP contribution in [0.4, 0.5) is 5.69 Å². The fourth-order valence-corrected chi connectivity index (χ4v) is 5.81. The Morgan fingerprint density at radius 2 is 1.88 bits per heavy atom. The Morgan fingerprint density at radius 3 is 2.42 bits per heavy atom. The molecule has 5 N–H and O–H groups in total. The van der Waals surface area contributed by atoms with Gasteiger partial charge in [0.25, 0.3) is 0 Å². The normalized spacial score (nSPS) is 28.6. The highest BCUT2D eigenvalue weighted by molar-refractivity contribution is 8.01. The summed E-state index contributed by atoms with van der Waals surface area (Å²) in [6.07, 6.45) is 0.156. The number of carbonyl (C=O) groups excluding carboxylic acids is 2. The van der Waals surface area contributed by atoms with Gasteiger partial charge in [-0.2, -0.15) is 0 Å². The molecule has 2 aliphatic heterocycles. The van der Waals surface area contributed by atoms with Crippen LogP contribution in [0.15, 0.2) is 29.3 Å². The number of carboxylic acid groups (broad SMARTS) is 2. The summed E-state index contributed by atoms with van der Waals surface area (Å²) >= 11 is 1.42. The molecule has 1 saturated heterocycles. The van der Waals surface area contributed by atoms with Crippen molar-refractivity contribution in [1.29, 1.82) is 0 Å². The first kappa shape index (κ1) is 24.9. The van der Waals surface area contributed by atoms with Gasteiger partial charge >= 0.3 is 11.9 Å². The Bertz CT molecular complexity index is 950. The predicted molar refractivity (Wildman–Crippen MR) is 123 cm³/mol. The van der Waals surface area contributed by atoms with Gasteiger partial charge in [0.05, 0.1) is 34.9 Å². The Balaban J connectivity index is 1.62. The highest BCUT2D eigenvalue weighted by Crippen LogP contribution is 2.39. The lowest BCUT2D eigenvalue weighted by molar-refractivity contribution is -0.129. The van der Waals surface area contributed by atoms with Crippen molar-refractivity contribution < 1.29 is 34.5 Å². The SMILES string of the molecule is C[C@@H]1[C@H]([C@H](C=O)[C@@H](C)O)N=C(C(=O)O)[C@@H]1S[C@@H]1CN[C@@H](C(=O)Nc2ccc(C(=O)O)cc2)C1. The van der Waals surface area contributed by atoms with Crippen LogP contribution in [0.3, 0.4) is 0 Å². The minimum Gasteiger partial charge on any atom is -0.478 e. The maximum Gasteiger partial charge on any atom is 0.350 e. The van der Waals surface area contributed by atoms with Crippen LogP contribution in [0, 0.1) is 11.8 Å². The van der Waals surface area contributed by atoms with Crippen molar-refractivity contribution in [2.75, 3.05) is 11.9 Å². The number of aliphatic hydroxyl groups excluding tert-OH is 1. The van der Waals surface area contributed by atoms with E-state index in [1.54, 1.807) is 0 Å². The Kier molecular flexibility index (Phi) is 7.88. The number of carboxylic acids is 2. The van der Waals surface area contributed by atoms with E-state index in [0.717, 1.165) is 0 Å². The topological polar surface area (TPSA) is 165 Å². The molecule has 0 saturated carbocycles. The lowest BCUT2D eigenvalue weighted by Crippen LogP contribution is -2.36. The predicted octanol–water partition coefficient (Wildman–Crippen LogP) is 0.895. The zero-order valence-electron chi connectivity index (χ0n) is 18.2. The molecule has 33 heavy (non-hydrogen) atoms. The van der Waals surface area contributed by atoms with E-state index in [4.69, 9.17) is 5.11 Å². The number of aldehydes is 1.